The van der Waals surface area contributed by atoms with E-state index in [1.807, 2.05) is 13.8 Å². The zero-order valence-electron chi connectivity index (χ0n) is 11.4. The molecule has 104 valence electrons. The predicted octanol–water partition coefficient (Wildman–Crippen LogP) is 0.917. The van der Waals surface area contributed by atoms with Gasteiger partial charge in [0.15, 0.2) is 0 Å². The van der Waals surface area contributed by atoms with Gasteiger partial charge in [0.05, 0.1) is 13.4 Å². The van der Waals surface area contributed by atoms with Gasteiger partial charge in [0.25, 0.3) is 0 Å². The summed E-state index contributed by atoms with van der Waals surface area (Å²) in [5.41, 5.74) is 0.762. The number of ether oxygens (including phenoxy) is 1. The van der Waals surface area contributed by atoms with E-state index in [1.54, 1.807) is 6.20 Å². The van der Waals surface area contributed by atoms with Gasteiger partial charge >= 0.3 is 5.97 Å². The van der Waals surface area contributed by atoms with Gasteiger partial charge in [-0.2, -0.15) is 0 Å². The number of nitrogens with one attached hydrogen (secondary N) is 1. The molecule has 1 amide bonds. The smallest absolute Gasteiger partial charge is 0.329 e. The van der Waals surface area contributed by atoms with Crippen molar-refractivity contribution in [1.82, 2.24) is 14.9 Å². The highest BCUT2D eigenvalue weighted by Crippen LogP contribution is 2.13. The lowest BCUT2D eigenvalue weighted by molar-refractivity contribution is -0.152. The second-order valence-corrected chi connectivity index (χ2v) is 4.36. The summed E-state index contributed by atoms with van der Waals surface area (Å²) in [5.74, 6) is -0.761. The van der Waals surface area contributed by atoms with Crippen LogP contribution in [0.1, 0.15) is 19.5 Å². The summed E-state index contributed by atoms with van der Waals surface area (Å²) < 4.78 is 4.79. The molecule has 0 fully saturated rings. The molecule has 1 N–H and O–H groups in total. The monoisotopic (exact) mass is 265 g/mol. The van der Waals surface area contributed by atoms with Crippen LogP contribution in [0.5, 0.6) is 0 Å². The Bertz CT molecular complexity index is 440. The number of rotatable bonds is 6. The van der Waals surface area contributed by atoms with E-state index < -0.39 is 12.0 Å². The lowest BCUT2D eigenvalue weighted by Gasteiger charge is -2.32. The molecule has 0 spiro atoms. The van der Waals surface area contributed by atoms with Gasteiger partial charge < -0.3 is 14.6 Å². The van der Waals surface area contributed by atoms with Crippen molar-refractivity contribution in [2.75, 3.05) is 7.11 Å². The second-order valence-electron chi connectivity index (χ2n) is 4.36. The van der Waals surface area contributed by atoms with Crippen LogP contribution < -0.4 is 0 Å². The molecule has 0 unspecified atom stereocenters. The van der Waals surface area contributed by atoms with E-state index in [2.05, 4.69) is 16.5 Å². The van der Waals surface area contributed by atoms with Crippen molar-refractivity contribution in [3.05, 3.63) is 30.9 Å². The molecule has 1 heterocycles. The van der Waals surface area contributed by atoms with Gasteiger partial charge in [-0.15, -0.1) is 0 Å². The van der Waals surface area contributed by atoms with Crippen molar-refractivity contribution in [3.63, 3.8) is 0 Å². The number of aromatic nitrogens is 2. The molecule has 6 nitrogen and oxygen atoms in total. The van der Waals surface area contributed by atoms with Gasteiger partial charge in [-0.3, -0.25) is 4.79 Å². The zero-order valence-corrected chi connectivity index (χ0v) is 11.4. The number of hydrogen-bond acceptors (Lipinski definition) is 4. The largest absolute Gasteiger partial charge is 0.467 e. The van der Waals surface area contributed by atoms with E-state index in [0.29, 0.717) is 6.42 Å². The summed E-state index contributed by atoms with van der Waals surface area (Å²) in [7, 11) is 1.30. The molecular formula is C13H19N3O3. The third-order valence-electron chi connectivity index (χ3n) is 2.76. The van der Waals surface area contributed by atoms with Crippen LogP contribution in [0.25, 0.3) is 0 Å². The van der Waals surface area contributed by atoms with Gasteiger partial charge in [0.2, 0.25) is 5.91 Å². The number of H-pyrrole nitrogens is 1. The Hall–Kier alpha value is -2.11. The van der Waals surface area contributed by atoms with Crippen molar-refractivity contribution in [1.29, 1.82) is 0 Å². The van der Waals surface area contributed by atoms with Gasteiger partial charge in [-0.1, -0.05) is 6.58 Å². The molecule has 1 atom stereocenters. The Balaban J connectivity index is 3.02. The number of hydrogen-bond donors (Lipinski definition) is 1. The molecule has 1 aromatic rings. The minimum atomic E-state index is -0.698. The summed E-state index contributed by atoms with van der Waals surface area (Å²) in [6, 6.07) is -0.839. The number of nitrogens with zero attached hydrogens (tertiary/aromatic N) is 2. The topological polar surface area (TPSA) is 75.3 Å². The Morgan fingerprint density at radius 1 is 1.58 bits per heavy atom. The molecule has 0 saturated carbocycles. The summed E-state index contributed by atoms with van der Waals surface area (Å²) in [6.45, 7) is 7.14. The molecule has 0 aliphatic rings. The van der Waals surface area contributed by atoms with Crippen LogP contribution in [-0.2, 0) is 20.7 Å². The Kier molecular flexibility index (Phi) is 5.29. The number of carbonyl (C=O) groups excluding carboxylic acids is 2. The predicted molar refractivity (Wildman–Crippen MR) is 70.3 cm³/mol. The lowest BCUT2D eigenvalue weighted by Crippen LogP contribution is -2.49. The van der Waals surface area contributed by atoms with E-state index in [0.717, 1.165) is 5.69 Å². The molecule has 0 aliphatic carbocycles. The van der Waals surface area contributed by atoms with Crippen molar-refractivity contribution in [2.24, 2.45) is 0 Å². The maximum atomic E-state index is 11.9. The van der Waals surface area contributed by atoms with Crippen LogP contribution in [0.4, 0.5) is 0 Å². The van der Waals surface area contributed by atoms with E-state index in [4.69, 9.17) is 4.74 Å². The quantitative estimate of drug-likeness (QED) is 0.613. The highest BCUT2D eigenvalue weighted by atomic mass is 16.5. The summed E-state index contributed by atoms with van der Waals surface area (Å²) in [4.78, 5) is 32.1. The fourth-order valence-electron chi connectivity index (χ4n) is 1.91. The summed E-state index contributed by atoms with van der Waals surface area (Å²) in [5, 5.41) is 0. The average Bonchev–Trinajstić information content (AvgIpc) is 2.89. The van der Waals surface area contributed by atoms with Crippen LogP contribution in [0, 0.1) is 0 Å². The van der Waals surface area contributed by atoms with Crippen LogP contribution >= 0.6 is 0 Å². The number of esters is 1. The van der Waals surface area contributed by atoms with Crippen molar-refractivity contribution >= 4 is 11.9 Å². The summed E-state index contributed by atoms with van der Waals surface area (Å²) in [6.07, 6.45) is 4.67. The maximum absolute atomic E-state index is 11.9. The SMILES string of the molecule is C=CC(=O)N(C(C)C)[C@@H](Cc1cnc[nH]1)C(=O)OC. The highest BCUT2D eigenvalue weighted by Gasteiger charge is 2.31. The molecule has 1 rings (SSSR count). The first kappa shape index (κ1) is 14.9. The second kappa shape index (κ2) is 6.72. The molecule has 0 saturated heterocycles. The van der Waals surface area contributed by atoms with Crippen molar-refractivity contribution < 1.29 is 14.3 Å². The van der Waals surface area contributed by atoms with Gasteiger partial charge in [0.1, 0.15) is 6.04 Å². The number of methoxy groups -OCH3 is 1. The van der Waals surface area contributed by atoms with Crippen molar-refractivity contribution in [3.8, 4) is 0 Å². The molecule has 19 heavy (non-hydrogen) atoms. The zero-order chi connectivity index (χ0) is 14.4. The third kappa shape index (κ3) is 3.67. The Morgan fingerprint density at radius 3 is 2.68 bits per heavy atom. The molecule has 0 aliphatic heterocycles. The lowest BCUT2D eigenvalue weighted by atomic mass is 10.1. The number of aromatic amines is 1. The first-order valence-corrected chi connectivity index (χ1v) is 6.01. The Labute approximate surface area is 112 Å². The Morgan fingerprint density at radius 2 is 2.26 bits per heavy atom. The van der Waals surface area contributed by atoms with Crippen LogP contribution in [0.2, 0.25) is 0 Å². The standard InChI is InChI=1S/C13H19N3O3/c1-5-12(17)16(9(2)3)11(13(18)19-4)6-10-7-14-8-15-10/h5,7-9,11H,1,6H2,2-4H3,(H,14,15)/t11-/m0/s1. The number of carbonyl (C=O) groups is 2. The fourth-order valence-corrected chi connectivity index (χ4v) is 1.91. The minimum absolute atomic E-state index is 0.141. The average molecular weight is 265 g/mol. The first-order valence-electron chi connectivity index (χ1n) is 6.01. The maximum Gasteiger partial charge on any atom is 0.329 e. The normalized spacial score (nSPS) is 12.0. The summed E-state index contributed by atoms with van der Waals surface area (Å²) >= 11 is 0. The number of amides is 1. The van der Waals surface area contributed by atoms with Crippen molar-refractivity contribution in [2.45, 2.75) is 32.4 Å². The molecule has 1 aromatic heterocycles. The van der Waals surface area contributed by atoms with Crippen LogP contribution in [0.15, 0.2) is 25.2 Å². The fraction of sp³-hybridized carbons (Fsp3) is 0.462. The van der Waals surface area contributed by atoms with E-state index >= 15 is 0 Å². The number of imidazole rings is 1. The van der Waals surface area contributed by atoms with Crippen LogP contribution in [0.3, 0.4) is 0 Å². The van der Waals surface area contributed by atoms with Crippen LogP contribution in [-0.4, -0.2) is 45.9 Å². The molecule has 6 heteroatoms. The molecular weight excluding hydrogens is 246 g/mol. The molecule has 0 bridgehead atoms. The first-order chi connectivity index (χ1) is 9.01. The molecule has 0 radical (unpaired) electrons. The minimum Gasteiger partial charge on any atom is -0.467 e. The van der Waals surface area contributed by atoms with Gasteiger partial charge in [-0.05, 0) is 19.9 Å². The van der Waals surface area contributed by atoms with E-state index in [9.17, 15) is 9.59 Å². The molecule has 0 aromatic carbocycles. The van der Waals surface area contributed by atoms with E-state index in [-0.39, 0.29) is 11.9 Å². The van der Waals surface area contributed by atoms with Gasteiger partial charge in [-0.25, -0.2) is 9.78 Å². The third-order valence-corrected chi connectivity index (χ3v) is 2.76. The highest BCUT2D eigenvalue weighted by molar-refractivity contribution is 5.91. The van der Waals surface area contributed by atoms with Gasteiger partial charge in [0, 0.05) is 24.4 Å². The van der Waals surface area contributed by atoms with E-state index in [1.165, 1.54) is 24.4 Å².